The van der Waals surface area contributed by atoms with Crippen LogP contribution in [-0.4, -0.2) is 34.3 Å². The summed E-state index contributed by atoms with van der Waals surface area (Å²) in [6, 6.07) is -0.626. The first-order valence-electron chi connectivity index (χ1n) is 8.08. The lowest BCUT2D eigenvalue weighted by molar-refractivity contribution is -0.158. The lowest BCUT2D eigenvalue weighted by Gasteiger charge is -2.48. The second kappa shape index (κ2) is 5.74. The summed E-state index contributed by atoms with van der Waals surface area (Å²) in [6.45, 7) is 8.27. The van der Waals surface area contributed by atoms with Crippen LogP contribution in [0.1, 0.15) is 66.2 Å². The molecule has 1 saturated heterocycles. The fourth-order valence-corrected chi connectivity index (χ4v) is 3.74. The summed E-state index contributed by atoms with van der Waals surface area (Å²) in [5.41, 5.74) is -0.124. The van der Waals surface area contributed by atoms with Crippen LogP contribution < -0.4 is 5.32 Å². The van der Waals surface area contributed by atoms with E-state index in [1.165, 1.54) is 0 Å². The van der Waals surface area contributed by atoms with Gasteiger partial charge in [-0.25, -0.2) is 0 Å². The van der Waals surface area contributed by atoms with Crippen molar-refractivity contribution < 1.29 is 9.59 Å². The molecule has 114 valence electrons. The zero-order chi connectivity index (χ0) is 14.9. The Balaban J connectivity index is 2.32. The molecule has 4 nitrogen and oxygen atoms in total. The van der Waals surface area contributed by atoms with Gasteiger partial charge in [-0.3, -0.25) is 9.59 Å². The van der Waals surface area contributed by atoms with E-state index >= 15 is 0 Å². The lowest BCUT2D eigenvalue weighted by Crippen LogP contribution is -2.69. The fourth-order valence-electron chi connectivity index (χ4n) is 3.74. The van der Waals surface area contributed by atoms with Crippen LogP contribution in [0.15, 0.2) is 0 Å². The van der Waals surface area contributed by atoms with E-state index in [-0.39, 0.29) is 35.4 Å². The van der Waals surface area contributed by atoms with Gasteiger partial charge in [-0.2, -0.15) is 0 Å². The van der Waals surface area contributed by atoms with Crippen LogP contribution in [-0.2, 0) is 9.59 Å². The minimum absolute atomic E-state index is 0.0329. The summed E-state index contributed by atoms with van der Waals surface area (Å²) in [5.74, 6) is 0.359. The Morgan fingerprint density at radius 2 is 1.90 bits per heavy atom. The standard InChI is InChI=1S/C16H28N2O2/c1-5-11(3)13-15(20)18(12(6-2)14(19)17-13)16(4)9-7-8-10-16/h11-13H,5-10H2,1-4H3,(H,17,19). The molecule has 0 radical (unpaired) electrons. The summed E-state index contributed by atoms with van der Waals surface area (Å²) in [7, 11) is 0. The summed E-state index contributed by atoms with van der Waals surface area (Å²) < 4.78 is 0. The molecule has 1 N–H and O–H groups in total. The van der Waals surface area contributed by atoms with Gasteiger partial charge in [0.15, 0.2) is 0 Å². The molecule has 0 aromatic carbocycles. The lowest BCUT2D eigenvalue weighted by atomic mass is 9.87. The van der Waals surface area contributed by atoms with Crippen molar-refractivity contribution in [3.8, 4) is 0 Å². The number of nitrogens with one attached hydrogen (secondary N) is 1. The molecule has 3 unspecified atom stereocenters. The highest BCUT2D eigenvalue weighted by atomic mass is 16.2. The van der Waals surface area contributed by atoms with E-state index in [9.17, 15) is 9.59 Å². The Hall–Kier alpha value is -1.06. The first-order valence-corrected chi connectivity index (χ1v) is 8.08. The number of nitrogens with zero attached hydrogens (tertiary/aromatic N) is 1. The predicted molar refractivity (Wildman–Crippen MR) is 79.2 cm³/mol. The number of carbonyl (C=O) groups is 2. The molecule has 4 heteroatoms. The van der Waals surface area contributed by atoms with E-state index in [1.54, 1.807) is 0 Å². The van der Waals surface area contributed by atoms with Crippen molar-refractivity contribution in [1.29, 1.82) is 0 Å². The van der Waals surface area contributed by atoms with Crippen molar-refractivity contribution in [2.24, 2.45) is 5.92 Å². The van der Waals surface area contributed by atoms with Gasteiger partial charge in [0.05, 0.1) is 0 Å². The van der Waals surface area contributed by atoms with Crippen LogP contribution in [0, 0.1) is 5.92 Å². The quantitative estimate of drug-likeness (QED) is 0.860. The molecule has 1 heterocycles. The van der Waals surface area contributed by atoms with E-state index in [0.717, 1.165) is 32.1 Å². The first kappa shape index (κ1) is 15.3. The highest BCUT2D eigenvalue weighted by molar-refractivity contribution is 5.97. The molecule has 2 amide bonds. The van der Waals surface area contributed by atoms with Gasteiger partial charge < -0.3 is 10.2 Å². The smallest absolute Gasteiger partial charge is 0.246 e. The van der Waals surface area contributed by atoms with Gasteiger partial charge >= 0.3 is 0 Å². The Bertz CT molecular complexity index is 388. The Morgan fingerprint density at radius 1 is 1.30 bits per heavy atom. The topological polar surface area (TPSA) is 49.4 Å². The minimum Gasteiger partial charge on any atom is -0.342 e. The van der Waals surface area contributed by atoms with Crippen molar-refractivity contribution in [2.75, 3.05) is 0 Å². The number of hydrogen-bond donors (Lipinski definition) is 1. The molecule has 0 spiro atoms. The van der Waals surface area contributed by atoms with Gasteiger partial charge in [-0.05, 0) is 32.1 Å². The van der Waals surface area contributed by atoms with Crippen molar-refractivity contribution in [3.63, 3.8) is 0 Å². The second-order valence-corrected chi connectivity index (χ2v) is 6.71. The maximum absolute atomic E-state index is 12.9. The van der Waals surface area contributed by atoms with E-state index < -0.39 is 0 Å². The highest BCUT2D eigenvalue weighted by Crippen LogP contribution is 2.38. The van der Waals surface area contributed by atoms with Crippen LogP contribution in [0.2, 0.25) is 0 Å². The van der Waals surface area contributed by atoms with Gasteiger partial charge in [0.25, 0.3) is 0 Å². The minimum atomic E-state index is -0.340. The van der Waals surface area contributed by atoms with Crippen LogP contribution in [0.4, 0.5) is 0 Å². The van der Waals surface area contributed by atoms with Crippen molar-refractivity contribution >= 4 is 11.8 Å². The zero-order valence-corrected chi connectivity index (χ0v) is 13.2. The van der Waals surface area contributed by atoms with Crippen LogP contribution in [0.5, 0.6) is 0 Å². The fraction of sp³-hybridized carbons (Fsp3) is 0.875. The third-order valence-corrected chi connectivity index (χ3v) is 5.28. The first-order chi connectivity index (χ1) is 9.44. The Morgan fingerprint density at radius 3 is 2.40 bits per heavy atom. The molecule has 0 aromatic heterocycles. The average Bonchev–Trinajstić information content (AvgIpc) is 2.87. The van der Waals surface area contributed by atoms with Gasteiger partial charge in [0.1, 0.15) is 12.1 Å². The van der Waals surface area contributed by atoms with Crippen molar-refractivity contribution in [2.45, 2.75) is 83.8 Å². The molecule has 3 atom stereocenters. The molecule has 1 saturated carbocycles. The maximum Gasteiger partial charge on any atom is 0.246 e. The average molecular weight is 280 g/mol. The number of carbonyl (C=O) groups excluding carboxylic acids is 2. The highest BCUT2D eigenvalue weighted by Gasteiger charge is 2.49. The number of rotatable bonds is 4. The van der Waals surface area contributed by atoms with Crippen molar-refractivity contribution in [3.05, 3.63) is 0 Å². The predicted octanol–water partition coefficient (Wildman–Crippen LogP) is 2.47. The number of piperazine rings is 1. The summed E-state index contributed by atoms with van der Waals surface area (Å²) >= 11 is 0. The molecule has 0 aromatic rings. The molecule has 20 heavy (non-hydrogen) atoms. The van der Waals surface area contributed by atoms with E-state index in [1.807, 2.05) is 18.7 Å². The molecular formula is C16H28N2O2. The van der Waals surface area contributed by atoms with Crippen LogP contribution in [0.25, 0.3) is 0 Å². The van der Waals surface area contributed by atoms with Gasteiger partial charge in [0, 0.05) is 5.54 Å². The van der Waals surface area contributed by atoms with Gasteiger partial charge in [0.2, 0.25) is 11.8 Å². The molecule has 1 aliphatic heterocycles. The van der Waals surface area contributed by atoms with E-state index in [2.05, 4.69) is 19.2 Å². The Labute approximate surface area is 122 Å². The zero-order valence-electron chi connectivity index (χ0n) is 13.2. The van der Waals surface area contributed by atoms with E-state index in [0.29, 0.717) is 6.42 Å². The maximum atomic E-state index is 12.9. The number of hydrogen-bond acceptors (Lipinski definition) is 2. The molecular weight excluding hydrogens is 252 g/mol. The van der Waals surface area contributed by atoms with E-state index in [4.69, 9.17) is 0 Å². The monoisotopic (exact) mass is 280 g/mol. The van der Waals surface area contributed by atoms with Gasteiger partial charge in [-0.1, -0.05) is 40.0 Å². The third-order valence-electron chi connectivity index (χ3n) is 5.28. The third kappa shape index (κ3) is 2.45. The molecule has 2 aliphatic rings. The van der Waals surface area contributed by atoms with Gasteiger partial charge in [-0.15, -0.1) is 0 Å². The largest absolute Gasteiger partial charge is 0.342 e. The summed E-state index contributed by atoms with van der Waals surface area (Å²) in [5, 5.41) is 2.96. The number of amides is 2. The second-order valence-electron chi connectivity index (χ2n) is 6.71. The molecule has 2 rings (SSSR count). The van der Waals surface area contributed by atoms with Crippen LogP contribution >= 0.6 is 0 Å². The van der Waals surface area contributed by atoms with Crippen molar-refractivity contribution in [1.82, 2.24) is 10.2 Å². The van der Waals surface area contributed by atoms with Crippen LogP contribution in [0.3, 0.4) is 0 Å². The summed E-state index contributed by atoms with van der Waals surface area (Å²) in [4.78, 5) is 27.3. The summed E-state index contributed by atoms with van der Waals surface area (Å²) in [6.07, 6.45) is 5.96. The Kier molecular flexibility index (Phi) is 4.40. The molecule has 1 aliphatic carbocycles. The SMILES string of the molecule is CCC(C)C1NC(=O)C(CC)N(C2(C)CCCC2)C1=O. The molecule has 2 fully saturated rings. The molecule has 0 bridgehead atoms. The normalized spacial score (nSPS) is 31.3.